The summed E-state index contributed by atoms with van der Waals surface area (Å²) in [5, 5.41) is 11.6. The molecule has 0 aromatic carbocycles. The second-order valence-electron chi connectivity index (χ2n) is 5.12. The molecule has 5 nitrogen and oxygen atoms in total. The van der Waals surface area contributed by atoms with Gasteiger partial charge < -0.3 is 10.4 Å². The molecule has 1 heterocycles. The Morgan fingerprint density at radius 2 is 2.00 bits per heavy atom. The number of aliphatic carboxylic acids is 1. The molecular weight excluding hydrogens is 220 g/mol. The predicted molar refractivity (Wildman–Crippen MR) is 62.5 cm³/mol. The average molecular weight is 240 g/mol. The van der Waals surface area contributed by atoms with Crippen LogP contribution in [-0.4, -0.2) is 47.6 Å². The van der Waals surface area contributed by atoms with E-state index >= 15 is 0 Å². The smallest absolute Gasteiger partial charge is 0.307 e. The molecule has 0 aromatic heterocycles. The topological polar surface area (TPSA) is 69.6 Å². The molecule has 3 atom stereocenters. The lowest BCUT2D eigenvalue weighted by molar-refractivity contribution is -0.140. The van der Waals surface area contributed by atoms with Crippen molar-refractivity contribution in [3.8, 4) is 0 Å². The van der Waals surface area contributed by atoms with Crippen LogP contribution in [0.1, 0.15) is 26.2 Å². The van der Waals surface area contributed by atoms with E-state index in [9.17, 15) is 9.59 Å². The van der Waals surface area contributed by atoms with Crippen molar-refractivity contribution in [1.82, 2.24) is 10.2 Å². The van der Waals surface area contributed by atoms with Gasteiger partial charge in [-0.25, -0.2) is 0 Å². The van der Waals surface area contributed by atoms with Gasteiger partial charge in [0.15, 0.2) is 0 Å². The maximum atomic E-state index is 11.6. The molecule has 2 fully saturated rings. The summed E-state index contributed by atoms with van der Waals surface area (Å²) in [6, 6.07) is 0.350. The van der Waals surface area contributed by atoms with Gasteiger partial charge in [0.25, 0.3) is 0 Å². The third-order valence-electron chi connectivity index (χ3n) is 3.78. The molecule has 1 amide bonds. The van der Waals surface area contributed by atoms with Gasteiger partial charge in [0, 0.05) is 12.6 Å². The first-order chi connectivity index (χ1) is 8.09. The van der Waals surface area contributed by atoms with Crippen molar-refractivity contribution in [3.05, 3.63) is 0 Å². The Hall–Kier alpha value is -1.10. The van der Waals surface area contributed by atoms with Gasteiger partial charge in [0.2, 0.25) is 5.91 Å². The number of amides is 1. The second-order valence-corrected chi connectivity index (χ2v) is 5.12. The number of likely N-dealkylation sites (tertiary alicyclic amines) is 1. The molecule has 5 heteroatoms. The highest BCUT2D eigenvalue weighted by Crippen LogP contribution is 2.38. The first-order valence-corrected chi connectivity index (χ1v) is 6.34. The summed E-state index contributed by atoms with van der Waals surface area (Å²) in [6.07, 6.45) is 2.98. The Kier molecular flexibility index (Phi) is 3.66. The molecule has 0 radical (unpaired) electrons. The summed E-state index contributed by atoms with van der Waals surface area (Å²) in [5.74, 6) is -1.68. The zero-order valence-corrected chi connectivity index (χ0v) is 10.2. The van der Waals surface area contributed by atoms with Crippen LogP contribution in [0.3, 0.4) is 0 Å². The predicted octanol–water partition coefficient (Wildman–Crippen LogP) is 0.308. The van der Waals surface area contributed by atoms with Gasteiger partial charge in [-0.15, -0.1) is 0 Å². The maximum absolute atomic E-state index is 11.6. The van der Waals surface area contributed by atoms with Crippen LogP contribution in [0.15, 0.2) is 0 Å². The Morgan fingerprint density at radius 3 is 2.53 bits per heavy atom. The zero-order valence-electron chi connectivity index (χ0n) is 10.2. The van der Waals surface area contributed by atoms with Crippen LogP contribution < -0.4 is 5.32 Å². The molecule has 0 aromatic rings. The minimum Gasteiger partial charge on any atom is -0.481 e. The number of carbonyl (C=O) groups is 2. The third-order valence-corrected chi connectivity index (χ3v) is 3.78. The quantitative estimate of drug-likeness (QED) is 0.725. The first kappa shape index (κ1) is 12.4. The summed E-state index contributed by atoms with van der Waals surface area (Å²) in [5.41, 5.74) is 0. The number of carboxylic acids is 1. The largest absolute Gasteiger partial charge is 0.481 e. The average Bonchev–Trinajstić information content (AvgIpc) is 2.93. The highest BCUT2D eigenvalue weighted by molar-refractivity contribution is 5.89. The third kappa shape index (κ3) is 2.97. The molecule has 0 bridgehead atoms. The molecule has 1 unspecified atom stereocenters. The summed E-state index contributed by atoms with van der Waals surface area (Å²) in [4.78, 5) is 24.6. The molecule has 1 saturated heterocycles. The molecule has 1 aliphatic carbocycles. The van der Waals surface area contributed by atoms with Crippen LogP contribution in [0.4, 0.5) is 0 Å². The molecule has 1 saturated carbocycles. The Morgan fingerprint density at radius 1 is 1.35 bits per heavy atom. The lowest BCUT2D eigenvalue weighted by atomic mass is 10.2. The number of carbonyl (C=O) groups excluding carboxylic acids is 1. The van der Waals surface area contributed by atoms with E-state index in [4.69, 9.17) is 5.11 Å². The second kappa shape index (κ2) is 5.04. The Bertz CT molecular complexity index is 313. The van der Waals surface area contributed by atoms with E-state index in [1.54, 1.807) is 0 Å². The van der Waals surface area contributed by atoms with Crippen LogP contribution >= 0.6 is 0 Å². The van der Waals surface area contributed by atoms with E-state index < -0.39 is 11.9 Å². The molecular formula is C12H20N2O3. The summed E-state index contributed by atoms with van der Waals surface area (Å²) < 4.78 is 0. The number of rotatable bonds is 5. The van der Waals surface area contributed by atoms with Crippen molar-refractivity contribution in [1.29, 1.82) is 0 Å². The fourth-order valence-electron chi connectivity index (χ4n) is 2.45. The van der Waals surface area contributed by atoms with Gasteiger partial charge in [-0.3, -0.25) is 14.5 Å². The summed E-state index contributed by atoms with van der Waals surface area (Å²) in [6.45, 7) is 4.95. The summed E-state index contributed by atoms with van der Waals surface area (Å²) >= 11 is 0. The minimum absolute atomic E-state index is 0.0940. The van der Waals surface area contributed by atoms with Gasteiger partial charge in [0.1, 0.15) is 0 Å². The van der Waals surface area contributed by atoms with Gasteiger partial charge >= 0.3 is 5.97 Å². The fourth-order valence-corrected chi connectivity index (χ4v) is 2.45. The van der Waals surface area contributed by atoms with E-state index in [1.807, 2.05) is 0 Å². The number of nitrogens with one attached hydrogen (secondary N) is 1. The van der Waals surface area contributed by atoms with Crippen molar-refractivity contribution in [3.63, 3.8) is 0 Å². The fraction of sp³-hybridized carbons (Fsp3) is 0.833. The number of nitrogens with zero attached hydrogens (tertiary/aromatic N) is 1. The number of hydrogen-bond acceptors (Lipinski definition) is 3. The Labute approximate surface area is 101 Å². The molecule has 96 valence electrons. The first-order valence-electron chi connectivity index (χ1n) is 6.34. The van der Waals surface area contributed by atoms with Crippen molar-refractivity contribution in [2.45, 2.75) is 32.2 Å². The van der Waals surface area contributed by atoms with E-state index in [-0.39, 0.29) is 11.8 Å². The summed E-state index contributed by atoms with van der Waals surface area (Å²) in [7, 11) is 0. The molecule has 0 spiro atoms. The monoisotopic (exact) mass is 240 g/mol. The van der Waals surface area contributed by atoms with Gasteiger partial charge in [0.05, 0.1) is 11.8 Å². The van der Waals surface area contributed by atoms with E-state index in [2.05, 4.69) is 17.1 Å². The molecule has 2 rings (SSSR count). The van der Waals surface area contributed by atoms with E-state index in [0.717, 1.165) is 13.1 Å². The normalized spacial score (nSPS) is 29.9. The van der Waals surface area contributed by atoms with Gasteiger partial charge in [-0.2, -0.15) is 0 Å². The van der Waals surface area contributed by atoms with Crippen LogP contribution in [0.25, 0.3) is 0 Å². The SMILES string of the molecule is CC(CNC(=O)[C@@H]1C[C@@H]1C(=O)O)N1CCCC1. The highest BCUT2D eigenvalue weighted by atomic mass is 16.4. The van der Waals surface area contributed by atoms with Crippen molar-refractivity contribution in [2.75, 3.05) is 19.6 Å². The molecule has 2 N–H and O–H groups in total. The van der Waals surface area contributed by atoms with Crippen molar-refractivity contribution >= 4 is 11.9 Å². The van der Waals surface area contributed by atoms with Crippen LogP contribution in [0.5, 0.6) is 0 Å². The lowest BCUT2D eigenvalue weighted by Gasteiger charge is -2.23. The molecule has 17 heavy (non-hydrogen) atoms. The van der Waals surface area contributed by atoms with Crippen LogP contribution in [-0.2, 0) is 9.59 Å². The maximum Gasteiger partial charge on any atom is 0.307 e. The van der Waals surface area contributed by atoms with Gasteiger partial charge in [-0.05, 0) is 39.3 Å². The van der Waals surface area contributed by atoms with Gasteiger partial charge in [-0.1, -0.05) is 0 Å². The van der Waals surface area contributed by atoms with Crippen molar-refractivity contribution in [2.24, 2.45) is 11.8 Å². The number of carboxylic acid groups (broad SMARTS) is 1. The standard InChI is InChI=1S/C12H20N2O3/c1-8(14-4-2-3-5-14)7-13-11(15)9-6-10(9)12(16)17/h8-10H,2-7H2,1H3,(H,13,15)(H,16,17)/t8?,9-,10+/m1/s1. The van der Waals surface area contributed by atoms with E-state index in [0.29, 0.717) is 19.0 Å². The lowest BCUT2D eigenvalue weighted by Crippen LogP contribution is -2.41. The van der Waals surface area contributed by atoms with E-state index in [1.165, 1.54) is 12.8 Å². The van der Waals surface area contributed by atoms with Crippen LogP contribution in [0.2, 0.25) is 0 Å². The molecule has 1 aliphatic heterocycles. The zero-order chi connectivity index (χ0) is 12.4. The van der Waals surface area contributed by atoms with Crippen LogP contribution in [0, 0.1) is 11.8 Å². The van der Waals surface area contributed by atoms with Crippen molar-refractivity contribution < 1.29 is 14.7 Å². The molecule has 2 aliphatic rings. The highest BCUT2D eigenvalue weighted by Gasteiger charge is 2.48. The number of hydrogen-bond donors (Lipinski definition) is 2. The minimum atomic E-state index is -0.849. The Balaban J connectivity index is 1.68.